The quantitative estimate of drug-likeness (QED) is 0.624. The Hall–Kier alpha value is -2.79. The fourth-order valence-electron chi connectivity index (χ4n) is 3.26. The van der Waals surface area contributed by atoms with Crippen molar-refractivity contribution in [3.8, 4) is 5.82 Å². The number of aromatic nitrogens is 5. The number of primary amides is 1. The minimum absolute atomic E-state index is 0.0117. The summed E-state index contributed by atoms with van der Waals surface area (Å²) in [5, 5.41) is 16.1. The molecule has 3 atom stereocenters. The van der Waals surface area contributed by atoms with Crippen LogP contribution >= 0.6 is 0 Å². The number of hydrogen-bond acceptors (Lipinski definition) is 7. The van der Waals surface area contributed by atoms with Crippen LogP contribution in [0.3, 0.4) is 0 Å². The smallest absolute Gasteiger partial charge is 0.300 e. The molecule has 2 aromatic heterocycles. The van der Waals surface area contributed by atoms with Gasteiger partial charge in [0.15, 0.2) is 11.6 Å². The molecule has 0 radical (unpaired) electrons. The summed E-state index contributed by atoms with van der Waals surface area (Å²) in [5.74, 6) is 0.867. The maximum atomic E-state index is 11.2. The number of aryl methyl sites for hydroxylation is 1. The zero-order valence-corrected chi connectivity index (χ0v) is 16.3. The second kappa shape index (κ2) is 9.42. The van der Waals surface area contributed by atoms with Crippen molar-refractivity contribution in [2.75, 3.05) is 7.11 Å². The first-order chi connectivity index (χ1) is 13.2. The minimum atomic E-state index is -0.833. The van der Waals surface area contributed by atoms with E-state index >= 15 is 0 Å². The van der Waals surface area contributed by atoms with Gasteiger partial charge in [-0.15, -0.1) is 5.10 Å². The molecule has 1 aliphatic carbocycles. The summed E-state index contributed by atoms with van der Waals surface area (Å²) in [5.41, 5.74) is 11.4. The molecule has 2 heterocycles. The van der Waals surface area contributed by atoms with E-state index in [-0.39, 0.29) is 24.5 Å². The summed E-state index contributed by atoms with van der Waals surface area (Å²) >= 11 is 0. The molecular weight excluding hydrogens is 366 g/mol. The molecule has 0 saturated heterocycles. The maximum Gasteiger partial charge on any atom is 0.300 e. The van der Waals surface area contributed by atoms with E-state index < -0.39 is 11.9 Å². The lowest BCUT2D eigenvalue weighted by Crippen LogP contribution is -2.41. The average molecular weight is 393 g/mol. The normalized spacial score (nSPS) is 21.6. The summed E-state index contributed by atoms with van der Waals surface area (Å²) in [6.07, 6.45) is 4.21. The second-order valence-electron chi connectivity index (χ2n) is 6.72. The van der Waals surface area contributed by atoms with Gasteiger partial charge in [0, 0.05) is 39.1 Å². The Morgan fingerprint density at radius 1 is 1.39 bits per heavy atom. The van der Waals surface area contributed by atoms with Crippen LogP contribution in [0.25, 0.3) is 5.82 Å². The maximum absolute atomic E-state index is 11.2. The van der Waals surface area contributed by atoms with E-state index in [9.17, 15) is 4.79 Å². The third-order valence-corrected chi connectivity index (χ3v) is 4.53. The molecule has 154 valence electrons. The van der Waals surface area contributed by atoms with Crippen molar-refractivity contribution in [3.63, 3.8) is 0 Å². The van der Waals surface area contributed by atoms with Crippen LogP contribution in [-0.4, -0.2) is 60.8 Å². The van der Waals surface area contributed by atoms with E-state index in [1.54, 1.807) is 22.7 Å². The molecule has 5 N–H and O–H groups in total. The molecule has 1 amide bonds. The number of carbonyl (C=O) groups is 2. The van der Waals surface area contributed by atoms with Crippen molar-refractivity contribution in [1.82, 2.24) is 24.5 Å². The topological polar surface area (TPSA) is 164 Å². The van der Waals surface area contributed by atoms with Gasteiger partial charge in [-0.2, -0.15) is 9.78 Å². The zero-order chi connectivity index (χ0) is 20.8. The first-order valence-corrected chi connectivity index (χ1v) is 8.93. The Morgan fingerprint density at radius 3 is 2.61 bits per heavy atom. The van der Waals surface area contributed by atoms with Gasteiger partial charge in [0.1, 0.15) is 5.82 Å². The van der Waals surface area contributed by atoms with Gasteiger partial charge < -0.3 is 21.3 Å². The number of aliphatic carboxylic acids is 1. The molecule has 0 unspecified atom stereocenters. The molecular formula is C17H27N7O4. The fraction of sp³-hybridized carbons (Fsp3) is 0.588. The lowest BCUT2D eigenvalue weighted by Gasteiger charge is -2.32. The van der Waals surface area contributed by atoms with Crippen LogP contribution in [0.15, 0.2) is 12.3 Å². The van der Waals surface area contributed by atoms with E-state index in [0.29, 0.717) is 5.82 Å². The highest BCUT2D eigenvalue weighted by molar-refractivity contribution is 5.75. The van der Waals surface area contributed by atoms with Crippen molar-refractivity contribution in [3.05, 3.63) is 23.9 Å². The van der Waals surface area contributed by atoms with Gasteiger partial charge in [0.05, 0.1) is 18.7 Å². The van der Waals surface area contributed by atoms with E-state index in [2.05, 4.69) is 15.2 Å². The van der Waals surface area contributed by atoms with Crippen molar-refractivity contribution in [1.29, 1.82) is 0 Å². The monoisotopic (exact) mass is 393 g/mol. The first-order valence-electron chi connectivity index (χ1n) is 8.93. The van der Waals surface area contributed by atoms with Crippen LogP contribution in [-0.2, 0) is 27.8 Å². The number of nitrogens with two attached hydrogens (primary N) is 2. The molecule has 0 aliphatic heterocycles. The average Bonchev–Trinajstić information content (AvgIpc) is 3.20. The van der Waals surface area contributed by atoms with Crippen LogP contribution in [0.1, 0.15) is 43.8 Å². The highest BCUT2D eigenvalue weighted by Crippen LogP contribution is 2.33. The van der Waals surface area contributed by atoms with Gasteiger partial charge in [-0.05, 0) is 19.3 Å². The number of ether oxygens (including phenoxy) is 1. The summed E-state index contributed by atoms with van der Waals surface area (Å²) in [6.45, 7) is 1.08. The van der Waals surface area contributed by atoms with E-state index in [4.69, 9.17) is 26.1 Å². The van der Waals surface area contributed by atoms with Gasteiger partial charge in [-0.1, -0.05) is 0 Å². The third-order valence-electron chi connectivity index (χ3n) is 4.53. The van der Waals surface area contributed by atoms with Gasteiger partial charge in [0.2, 0.25) is 5.91 Å². The molecule has 0 aromatic carbocycles. The van der Waals surface area contributed by atoms with E-state index in [0.717, 1.165) is 37.8 Å². The number of amides is 1. The number of carboxylic acid groups (broad SMARTS) is 1. The van der Waals surface area contributed by atoms with Gasteiger partial charge in [-0.3, -0.25) is 14.3 Å². The molecule has 0 bridgehead atoms. The molecule has 0 spiro atoms. The molecule has 3 rings (SSSR count). The lowest BCUT2D eigenvalue weighted by molar-refractivity contribution is -0.134. The Bertz CT molecular complexity index is 812. The number of carbonyl (C=O) groups excluding carboxylic acids is 1. The number of nitrogens with zero attached hydrogens (tertiary/aromatic N) is 5. The van der Waals surface area contributed by atoms with Crippen molar-refractivity contribution >= 4 is 11.9 Å². The highest BCUT2D eigenvalue weighted by atomic mass is 16.5. The molecule has 11 nitrogen and oxygen atoms in total. The molecule has 1 saturated carbocycles. The van der Waals surface area contributed by atoms with Gasteiger partial charge in [0.25, 0.3) is 5.97 Å². The Morgan fingerprint density at radius 2 is 2.07 bits per heavy atom. The second-order valence-corrected chi connectivity index (χ2v) is 6.72. The predicted molar refractivity (Wildman–Crippen MR) is 99.7 cm³/mol. The highest BCUT2D eigenvalue weighted by Gasteiger charge is 2.33. The molecule has 28 heavy (non-hydrogen) atoms. The molecule has 1 aliphatic rings. The Labute approximate surface area is 162 Å². The van der Waals surface area contributed by atoms with Crippen LogP contribution in [0.5, 0.6) is 0 Å². The number of carboxylic acids is 1. The van der Waals surface area contributed by atoms with E-state index in [1.165, 1.54) is 0 Å². The molecule has 2 aromatic rings. The van der Waals surface area contributed by atoms with Gasteiger partial charge >= 0.3 is 0 Å². The molecule has 11 heteroatoms. The number of hydrogen-bond donors (Lipinski definition) is 3. The van der Waals surface area contributed by atoms with Crippen molar-refractivity contribution < 1.29 is 19.4 Å². The summed E-state index contributed by atoms with van der Waals surface area (Å²) in [4.78, 5) is 24.8. The van der Waals surface area contributed by atoms with Crippen LogP contribution in [0.4, 0.5) is 0 Å². The molecule has 1 fully saturated rings. The summed E-state index contributed by atoms with van der Waals surface area (Å²) in [7, 11) is 3.51. The van der Waals surface area contributed by atoms with Gasteiger partial charge in [-0.25, -0.2) is 4.98 Å². The standard InChI is InChI=1S/C15H23N7O2.C2H4O2/c1-21-14(5-6-18-21)22-15(19-13(20-22)8-12(17)23)9-3-4-10(16)11(7-9)24-2;1-2(3)4/h5-6,9-11H,3-4,7-8,16H2,1-2H3,(H2,17,23);1H3,(H,3,4)/t9-,10-,11-;/m0./s1. The first kappa shape index (κ1) is 21.5. The van der Waals surface area contributed by atoms with Crippen molar-refractivity contribution in [2.24, 2.45) is 18.5 Å². The fourth-order valence-corrected chi connectivity index (χ4v) is 3.26. The summed E-state index contributed by atoms with van der Waals surface area (Å²) in [6, 6.07) is 1.89. The summed E-state index contributed by atoms with van der Waals surface area (Å²) < 4.78 is 8.97. The van der Waals surface area contributed by atoms with Crippen LogP contribution in [0, 0.1) is 0 Å². The lowest BCUT2D eigenvalue weighted by atomic mass is 9.83. The number of methoxy groups -OCH3 is 1. The zero-order valence-electron chi connectivity index (χ0n) is 16.3. The number of rotatable bonds is 5. The SMILES string of the molecule is CC(=O)O.CO[C@H]1C[C@@H](c2nc(CC(N)=O)nn2-c2ccnn2C)CC[C@@H]1N. The third kappa shape index (κ3) is 5.36. The van der Waals surface area contributed by atoms with Crippen LogP contribution in [0.2, 0.25) is 0 Å². The van der Waals surface area contributed by atoms with Crippen molar-refractivity contribution in [2.45, 2.75) is 50.7 Å². The Balaban J connectivity index is 0.000000640. The van der Waals surface area contributed by atoms with Crippen LogP contribution < -0.4 is 11.5 Å². The predicted octanol–water partition coefficient (Wildman–Crippen LogP) is -0.271. The minimum Gasteiger partial charge on any atom is -0.481 e. The largest absolute Gasteiger partial charge is 0.481 e. The Kier molecular flexibility index (Phi) is 7.24. The van der Waals surface area contributed by atoms with E-state index in [1.807, 2.05) is 13.1 Å².